The molecule has 1 saturated heterocycles. The van der Waals surface area contributed by atoms with Crippen LogP contribution in [0.5, 0.6) is 0 Å². The van der Waals surface area contributed by atoms with Gasteiger partial charge in [-0.15, -0.1) is 12.6 Å². The fraction of sp³-hybridized carbons (Fsp3) is 0.300. The van der Waals surface area contributed by atoms with Crippen molar-refractivity contribution in [2.45, 2.75) is 11.8 Å². The van der Waals surface area contributed by atoms with Crippen LogP contribution in [-0.4, -0.2) is 19.8 Å². The van der Waals surface area contributed by atoms with Crippen molar-refractivity contribution in [2.24, 2.45) is 4.99 Å². The summed E-state index contributed by atoms with van der Waals surface area (Å²) in [6, 6.07) is 0. The minimum atomic E-state index is 0.581. The van der Waals surface area contributed by atoms with Gasteiger partial charge in [-0.3, -0.25) is 4.99 Å². The van der Waals surface area contributed by atoms with Crippen molar-refractivity contribution in [1.29, 1.82) is 0 Å². The lowest BCUT2D eigenvalue weighted by Crippen LogP contribution is -2.05. The number of hydrogen-bond acceptors (Lipinski definition) is 5. The number of nitrogens with two attached hydrogens (primary N) is 2. The van der Waals surface area contributed by atoms with Crippen LogP contribution in [0.3, 0.4) is 0 Å². The molecule has 80 valence electrons. The monoisotopic (exact) mass is 222 g/mol. The normalized spacial score (nSPS) is 14.1. The third-order valence-corrected chi connectivity index (χ3v) is 3.10. The number of nitrogens with zero attached hydrogens (tertiary/aromatic N) is 2. The van der Waals surface area contributed by atoms with E-state index in [9.17, 15) is 0 Å². The van der Waals surface area contributed by atoms with Gasteiger partial charge in [-0.2, -0.15) is 0 Å². The zero-order chi connectivity index (χ0) is 11.2. The first-order chi connectivity index (χ1) is 7.07. The Bertz CT molecular complexity index is 438. The van der Waals surface area contributed by atoms with E-state index in [1.165, 1.54) is 0 Å². The van der Waals surface area contributed by atoms with Crippen LogP contribution in [0.15, 0.2) is 9.89 Å². The highest BCUT2D eigenvalue weighted by atomic mass is 32.1. The molecule has 1 fully saturated rings. The van der Waals surface area contributed by atoms with E-state index in [2.05, 4.69) is 29.2 Å². The molecule has 0 unspecified atom stereocenters. The summed E-state index contributed by atoms with van der Waals surface area (Å²) in [5, 5.41) is 0. The third-order valence-electron chi connectivity index (χ3n) is 2.67. The molecule has 0 bridgehead atoms. The second-order valence-electron chi connectivity index (χ2n) is 3.64. The van der Waals surface area contributed by atoms with E-state index >= 15 is 0 Å². The van der Waals surface area contributed by atoms with Crippen LogP contribution in [-0.2, 0) is 0 Å². The summed E-state index contributed by atoms with van der Waals surface area (Å²) in [5.41, 5.74) is 15.5. The van der Waals surface area contributed by atoms with Crippen LogP contribution in [0.1, 0.15) is 5.56 Å². The van der Waals surface area contributed by atoms with E-state index in [4.69, 9.17) is 11.5 Å². The summed E-state index contributed by atoms with van der Waals surface area (Å²) in [6.45, 7) is 7.40. The molecule has 0 aliphatic carbocycles. The minimum absolute atomic E-state index is 0.581. The fourth-order valence-corrected chi connectivity index (χ4v) is 2.16. The zero-order valence-electron chi connectivity index (χ0n) is 8.62. The number of nitrogen functional groups attached to an aromatic ring is 2. The SMILES string of the molecule is C=Nc1c(C)c(N)c(N)c(N2CC2)c1S. The first kappa shape index (κ1) is 10.2. The van der Waals surface area contributed by atoms with E-state index in [-0.39, 0.29) is 0 Å². The second kappa shape index (κ2) is 3.34. The molecule has 0 radical (unpaired) electrons. The van der Waals surface area contributed by atoms with Crippen LogP contribution >= 0.6 is 12.6 Å². The summed E-state index contributed by atoms with van der Waals surface area (Å²) in [4.78, 5) is 6.84. The summed E-state index contributed by atoms with van der Waals surface area (Å²) in [7, 11) is 0. The Morgan fingerprint density at radius 2 is 1.93 bits per heavy atom. The average Bonchev–Trinajstić information content (AvgIpc) is 3.00. The largest absolute Gasteiger partial charge is 0.397 e. The minimum Gasteiger partial charge on any atom is -0.397 e. The first-order valence-corrected chi connectivity index (χ1v) is 5.14. The number of benzene rings is 1. The number of thiol groups is 1. The van der Waals surface area contributed by atoms with Crippen molar-refractivity contribution >= 4 is 42.1 Å². The molecule has 0 aromatic heterocycles. The predicted octanol–water partition coefficient (Wildman–Crippen LogP) is 1.60. The van der Waals surface area contributed by atoms with Gasteiger partial charge in [0.05, 0.1) is 27.6 Å². The van der Waals surface area contributed by atoms with Gasteiger partial charge in [0, 0.05) is 18.7 Å². The molecule has 1 aromatic rings. The van der Waals surface area contributed by atoms with Gasteiger partial charge < -0.3 is 16.4 Å². The summed E-state index contributed by atoms with van der Waals surface area (Å²) < 4.78 is 0. The van der Waals surface area contributed by atoms with Gasteiger partial charge in [0.1, 0.15) is 0 Å². The van der Waals surface area contributed by atoms with E-state index in [1.54, 1.807) is 0 Å². The lowest BCUT2D eigenvalue weighted by Gasteiger charge is -2.17. The molecular weight excluding hydrogens is 208 g/mol. The predicted molar refractivity (Wildman–Crippen MR) is 68.7 cm³/mol. The molecule has 4 nitrogen and oxygen atoms in total. The molecule has 1 aliphatic rings. The third kappa shape index (κ3) is 1.43. The van der Waals surface area contributed by atoms with E-state index < -0.39 is 0 Å². The molecule has 0 saturated carbocycles. The lowest BCUT2D eigenvalue weighted by molar-refractivity contribution is 1.26. The highest BCUT2D eigenvalue weighted by Gasteiger charge is 2.26. The molecule has 0 atom stereocenters. The first-order valence-electron chi connectivity index (χ1n) is 4.70. The Labute approximate surface area is 94.4 Å². The molecule has 15 heavy (non-hydrogen) atoms. The molecular formula is C10H14N4S. The summed E-state index contributed by atoms with van der Waals surface area (Å²) in [5.74, 6) is 0. The van der Waals surface area contributed by atoms with E-state index in [0.717, 1.165) is 34.9 Å². The Balaban J connectivity index is 2.73. The van der Waals surface area contributed by atoms with Gasteiger partial charge in [-0.1, -0.05) is 0 Å². The van der Waals surface area contributed by atoms with Gasteiger partial charge in [0.15, 0.2) is 0 Å². The number of aliphatic imine (C=N–C) groups is 1. The standard InChI is InChI=1S/C10H14N4S/c1-5-6(11)7(12)9(14-3-4-14)10(15)8(5)13-2/h15H,2-4,11-12H2,1H3. The molecule has 1 aromatic carbocycles. The highest BCUT2D eigenvalue weighted by molar-refractivity contribution is 7.80. The molecule has 1 heterocycles. The Hall–Kier alpha value is -1.36. The van der Waals surface area contributed by atoms with Crippen molar-refractivity contribution in [3.8, 4) is 0 Å². The van der Waals surface area contributed by atoms with Crippen molar-refractivity contribution in [2.75, 3.05) is 29.5 Å². The smallest absolute Gasteiger partial charge is 0.0827 e. The molecule has 2 rings (SSSR count). The summed E-state index contributed by atoms with van der Waals surface area (Å²) >= 11 is 4.45. The van der Waals surface area contributed by atoms with Crippen LogP contribution in [0.2, 0.25) is 0 Å². The van der Waals surface area contributed by atoms with Gasteiger partial charge in [-0.25, -0.2) is 0 Å². The number of anilines is 3. The van der Waals surface area contributed by atoms with E-state index in [0.29, 0.717) is 11.4 Å². The maximum Gasteiger partial charge on any atom is 0.0827 e. The highest BCUT2D eigenvalue weighted by Crippen LogP contribution is 2.46. The van der Waals surface area contributed by atoms with Crippen LogP contribution in [0.4, 0.5) is 22.7 Å². The summed E-state index contributed by atoms with van der Waals surface area (Å²) in [6.07, 6.45) is 0. The average molecular weight is 222 g/mol. The van der Waals surface area contributed by atoms with Gasteiger partial charge in [-0.05, 0) is 13.6 Å². The Morgan fingerprint density at radius 3 is 2.40 bits per heavy atom. The van der Waals surface area contributed by atoms with E-state index in [1.807, 2.05) is 6.92 Å². The second-order valence-corrected chi connectivity index (χ2v) is 4.09. The maximum atomic E-state index is 5.97. The van der Waals surface area contributed by atoms with Crippen molar-refractivity contribution < 1.29 is 0 Å². The molecule has 0 amide bonds. The van der Waals surface area contributed by atoms with Gasteiger partial charge in [0.25, 0.3) is 0 Å². The maximum absolute atomic E-state index is 5.97. The number of rotatable bonds is 2. The van der Waals surface area contributed by atoms with Crippen molar-refractivity contribution in [3.63, 3.8) is 0 Å². The van der Waals surface area contributed by atoms with Gasteiger partial charge >= 0.3 is 0 Å². The quantitative estimate of drug-likeness (QED) is 0.308. The topological polar surface area (TPSA) is 67.4 Å². The Kier molecular flexibility index (Phi) is 2.26. The number of hydrogen-bond donors (Lipinski definition) is 3. The molecule has 5 heteroatoms. The van der Waals surface area contributed by atoms with Crippen molar-refractivity contribution in [1.82, 2.24) is 0 Å². The lowest BCUT2D eigenvalue weighted by atomic mass is 10.1. The van der Waals surface area contributed by atoms with Crippen LogP contribution in [0.25, 0.3) is 0 Å². The fourth-order valence-electron chi connectivity index (χ4n) is 1.66. The van der Waals surface area contributed by atoms with Crippen LogP contribution in [0, 0.1) is 6.92 Å². The van der Waals surface area contributed by atoms with Crippen LogP contribution < -0.4 is 16.4 Å². The van der Waals surface area contributed by atoms with Crippen molar-refractivity contribution in [3.05, 3.63) is 5.56 Å². The molecule has 1 aliphatic heterocycles. The molecule has 4 N–H and O–H groups in total. The van der Waals surface area contributed by atoms with Gasteiger partial charge in [0.2, 0.25) is 0 Å². The zero-order valence-corrected chi connectivity index (χ0v) is 9.51. The Morgan fingerprint density at radius 1 is 1.33 bits per heavy atom. The molecule has 0 spiro atoms.